The lowest BCUT2D eigenvalue weighted by molar-refractivity contribution is -0.144. The van der Waals surface area contributed by atoms with Crippen molar-refractivity contribution in [1.29, 1.82) is 0 Å². The molecule has 0 spiro atoms. The molecule has 5 atom stereocenters. The fourth-order valence-electron chi connectivity index (χ4n) is 12.5. The smallest absolute Gasteiger partial charge is 0.319 e. The van der Waals surface area contributed by atoms with Gasteiger partial charge in [-0.05, 0) is 92.1 Å². The first-order valence-corrected chi connectivity index (χ1v) is 30.6. The first kappa shape index (κ1) is 59.3. The Morgan fingerprint density at radius 3 is 2.28 bits per heavy atom. The molecule has 83 heavy (non-hydrogen) atoms. The summed E-state index contributed by atoms with van der Waals surface area (Å²) in [5.41, 5.74) is 4.19. The molecule has 5 N–H and O–H groups in total. The van der Waals surface area contributed by atoms with Crippen LogP contribution in [0.5, 0.6) is 11.8 Å². The molecule has 440 valence electrons. The van der Waals surface area contributed by atoms with E-state index in [2.05, 4.69) is 41.6 Å². The number of likely N-dealkylation sites (tertiary alicyclic amines) is 2. The topological polar surface area (TPSA) is 198 Å². The van der Waals surface area contributed by atoms with Gasteiger partial charge in [0.2, 0.25) is 17.7 Å². The third kappa shape index (κ3) is 14.1. The molecule has 0 saturated carbocycles. The number of nitrogens with one attached hydrogen (secondary N) is 3. The van der Waals surface area contributed by atoms with Gasteiger partial charge in [-0.1, -0.05) is 102 Å². The van der Waals surface area contributed by atoms with E-state index in [9.17, 15) is 24.6 Å². The number of aromatic nitrogens is 4. The molecule has 10 rings (SSSR count). The number of aryl methyl sites for hydroxylation is 1. The van der Waals surface area contributed by atoms with Crippen molar-refractivity contribution >= 4 is 56.6 Å². The number of halogens is 2. The van der Waals surface area contributed by atoms with Crippen LogP contribution in [0.1, 0.15) is 134 Å². The summed E-state index contributed by atoms with van der Waals surface area (Å²) in [4.78, 5) is 66.6. The molecule has 6 aromatic rings. The predicted octanol–water partition coefficient (Wildman–Crippen LogP) is 9.74. The quantitative estimate of drug-likeness (QED) is 0.0318. The third-order valence-electron chi connectivity index (χ3n) is 17.0. The van der Waals surface area contributed by atoms with Crippen molar-refractivity contribution in [3.05, 3.63) is 88.7 Å². The van der Waals surface area contributed by atoms with E-state index in [0.29, 0.717) is 48.2 Å². The number of aromatic hydroxyl groups is 1. The lowest BCUT2D eigenvalue weighted by Crippen LogP contribution is -2.57. The summed E-state index contributed by atoms with van der Waals surface area (Å²) in [5, 5.41) is 32.1. The van der Waals surface area contributed by atoms with Crippen LogP contribution in [0.2, 0.25) is 0 Å². The highest BCUT2D eigenvalue weighted by molar-refractivity contribution is 7.13. The first-order chi connectivity index (χ1) is 40.0. The Hall–Kier alpha value is -6.85. The van der Waals surface area contributed by atoms with E-state index < -0.39 is 35.2 Å². The summed E-state index contributed by atoms with van der Waals surface area (Å²) in [5.74, 6) is 0.583. The Kier molecular flexibility index (Phi) is 18.9. The van der Waals surface area contributed by atoms with Crippen LogP contribution in [0.3, 0.4) is 0 Å². The van der Waals surface area contributed by atoms with Gasteiger partial charge in [0.1, 0.15) is 46.8 Å². The molecular formula is C64H78F2N10O6S. The van der Waals surface area contributed by atoms with Crippen molar-refractivity contribution in [3.63, 3.8) is 0 Å². The van der Waals surface area contributed by atoms with Crippen LogP contribution >= 0.6 is 11.3 Å². The van der Waals surface area contributed by atoms with Crippen LogP contribution in [-0.4, -0.2) is 133 Å². The van der Waals surface area contributed by atoms with Crippen LogP contribution < -0.4 is 25.6 Å². The van der Waals surface area contributed by atoms with Crippen LogP contribution in [0, 0.1) is 36.3 Å². The minimum atomic E-state index is -0.855. The zero-order chi connectivity index (χ0) is 58.4. The van der Waals surface area contributed by atoms with E-state index >= 15 is 8.78 Å². The Balaban J connectivity index is 0.635. The van der Waals surface area contributed by atoms with Crippen molar-refractivity contribution in [2.24, 2.45) is 5.41 Å². The number of aliphatic hydroxyl groups is 1. The molecule has 2 bridgehead atoms. The van der Waals surface area contributed by atoms with Gasteiger partial charge in [-0.25, -0.2) is 13.8 Å². The number of rotatable bonds is 22. The second-order valence-electron chi connectivity index (χ2n) is 24.2. The second kappa shape index (κ2) is 26.4. The minimum absolute atomic E-state index is 0.0288. The van der Waals surface area contributed by atoms with Gasteiger partial charge in [-0.2, -0.15) is 9.97 Å². The Bertz CT molecular complexity index is 3330. The normalized spacial score (nSPS) is 19.8. The number of β-amino-alcohol motifs (C(OH)–C–C–N with tert-alkyl or cyclic N) is 1. The largest absolute Gasteiger partial charge is 0.508 e. The van der Waals surface area contributed by atoms with E-state index in [4.69, 9.17) is 21.1 Å². The number of phenolic OH excluding ortho intramolecular Hbond substituents is 1. The van der Waals surface area contributed by atoms with E-state index in [1.54, 1.807) is 17.5 Å². The third-order valence-corrected chi connectivity index (χ3v) is 18.0. The van der Waals surface area contributed by atoms with Gasteiger partial charge in [0, 0.05) is 81.3 Å². The zero-order valence-corrected chi connectivity index (χ0v) is 49.0. The first-order valence-electron chi connectivity index (χ1n) is 29.7. The molecule has 4 aliphatic heterocycles. The number of piperidine rings is 1. The van der Waals surface area contributed by atoms with E-state index in [1.165, 1.54) is 29.2 Å². The number of hydrogen-bond acceptors (Lipinski definition) is 14. The lowest BCUT2D eigenvalue weighted by Gasteiger charge is -2.35. The fraction of sp³-hybridized carbons (Fsp3) is 0.516. The number of ether oxygens (including phenoxy) is 1. The number of fused-ring (bicyclic) bond motifs is 4. The highest BCUT2D eigenvalue weighted by atomic mass is 32.1. The number of pyridine rings is 1. The van der Waals surface area contributed by atoms with E-state index in [0.717, 1.165) is 125 Å². The molecule has 7 heterocycles. The number of hydrogen-bond donors (Lipinski definition) is 5. The average Bonchev–Trinajstić information content (AvgIpc) is 2.09. The number of phenols is 1. The average molecular weight is 1150 g/mol. The summed E-state index contributed by atoms with van der Waals surface area (Å²) >= 11 is 1.58. The van der Waals surface area contributed by atoms with Crippen LogP contribution in [-0.2, 0) is 20.9 Å². The molecular weight excluding hydrogens is 1070 g/mol. The molecule has 2 unspecified atom stereocenters. The van der Waals surface area contributed by atoms with Gasteiger partial charge in [0.05, 0.1) is 33.1 Å². The second-order valence-corrected chi connectivity index (χ2v) is 25.1. The molecule has 4 saturated heterocycles. The molecule has 3 amide bonds. The molecule has 19 heteroatoms. The highest BCUT2D eigenvalue weighted by Crippen LogP contribution is 2.40. The summed E-state index contributed by atoms with van der Waals surface area (Å²) in [6.07, 6.45) is 19.9. The summed E-state index contributed by atoms with van der Waals surface area (Å²) in [7, 11) is 0. The Morgan fingerprint density at radius 1 is 0.904 bits per heavy atom. The van der Waals surface area contributed by atoms with Gasteiger partial charge < -0.3 is 45.6 Å². The van der Waals surface area contributed by atoms with Crippen molar-refractivity contribution in [2.75, 3.05) is 44.2 Å². The molecule has 0 radical (unpaired) electrons. The maximum Gasteiger partial charge on any atom is 0.319 e. The molecule has 3 aromatic heterocycles. The van der Waals surface area contributed by atoms with Crippen molar-refractivity contribution in [1.82, 2.24) is 45.7 Å². The zero-order valence-electron chi connectivity index (χ0n) is 48.2. The summed E-state index contributed by atoms with van der Waals surface area (Å²) in [6, 6.07) is 12.5. The molecule has 4 fully saturated rings. The van der Waals surface area contributed by atoms with Crippen LogP contribution in [0.15, 0.2) is 60.2 Å². The SMILES string of the molecule is C#Cc1c(F)ccc2cc(O)cc(-c3ncc4c(N5CC6CCC(C5)N6)nc(OC5CCN(CCCCCCCCCCCC(=O)N[C@H](C(=O)N6C[C@H](O)C[C@H]6C(=O)NCc6ccc(-c7scnc7C)cc6)C(C)(C)C)CC5)nc4c3F)c12. The Labute approximate surface area is 489 Å². The maximum atomic E-state index is 17.1. The predicted molar refractivity (Wildman–Crippen MR) is 320 cm³/mol. The van der Waals surface area contributed by atoms with Crippen molar-refractivity contribution in [3.8, 4) is 45.8 Å². The summed E-state index contributed by atoms with van der Waals surface area (Å²) < 4.78 is 38.6. The number of piperazine rings is 1. The number of carbonyl (C=O) groups is 3. The fourth-order valence-corrected chi connectivity index (χ4v) is 13.3. The number of anilines is 1. The van der Waals surface area contributed by atoms with Gasteiger partial charge in [-0.3, -0.25) is 19.4 Å². The van der Waals surface area contributed by atoms with E-state index in [1.807, 2.05) is 57.5 Å². The van der Waals surface area contributed by atoms with Crippen molar-refractivity contribution < 1.29 is 38.1 Å². The lowest BCUT2D eigenvalue weighted by atomic mass is 9.85. The number of terminal acetylenes is 1. The minimum Gasteiger partial charge on any atom is -0.508 e. The number of carbonyl (C=O) groups excluding carboxylic acids is 3. The molecule has 16 nitrogen and oxygen atoms in total. The summed E-state index contributed by atoms with van der Waals surface area (Å²) in [6.45, 7) is 12.1. The number of benzene rings is 3. The van der Waals surface area contributed by atoms with Gasteiger partial charge in [0.25, 0.3) is 0 Å². The number of unbranched alkanes of at least 4 members (excludes halogenated alkanes) is 8. The number of thiazole rings is 1. The van der Waals surface area contributed by atoms with Crippen molar-refractivity contribution in [2.45, 2.75) is 167 Å². The number of aliphatic hydroxyl groups excluding tert-OH is 1. The van der Waals surface area contributed by atoms with Gasteiger partial charge in [0.15, 0.2) is 5.82 Å². The highest BCUT2D eigenvalue weighted by Gasteiger charge is 2.44. The van der Waals surface area contributed by atoms with Gasteiger partial charge >= 0.3 is 6.01 Å². The van der Waals surface area contributed by atoms with Crippen LogP contribution in [0.25, 0.3) is 43.4 Å². The standard InChI is InChI=1S/C64H78F2N10O6S/c1-6-48-51(65)24-21-42-30-45(77)31-49(54(42)48)56-55(66)57-50(34-67-56)60(75-35-43-22-23-44(36-75)70-43)73-63(72-57)82-47-25-28-74(29-26-47)27-15-13-11-9-7-8-10-12-14-16-53(79)71-59(64(3,4)5)62(81)76-37-46(78)32-52(76)61(80)68-33-40-17-19-41(20-18-40)58-39(2)69-38-83-58/h1,17-21,24,30-31,34,38,43-44,46-47,52,59,70,77-78H,7-16,22-23,25-29,32-33,35-37H2,2-5H3,(H,68,80)(H,71,79)/t43?,44?,46-,52+,59-/m1/s1. The molecule has 3 aromatic carbocycles. The monoisotopic (exact) mass is 1150 g/mol. The number of nitrogens with zero attached hydrogens (tertiary/aromatic N) is 7. The van der Waals surface area contributed by atoms with Crippen LogP contribution in [0.4, 0.5) is 14.6 Å². The van der Waals surface area contributed by atoms with Gasteiger partial charge in [-0.15, -0.1) is 17.8 Å². The molecule has 4 aliphatic rings. The Morgan fingerprint density at radius 2 is 1.60 bits per heavy atom. The number of amides is 3. The van der Waals surface area contributed by atoms with E-state index in [-0.39, 0.29) is 82.8 Å². The molecule has 0 aliphatic carbocycles. The maximum absolute atomic E-state index is 17.1.